The minimum Gasteiger partial charge on any atom is -0.299 e. The maximum Gasteiger partial charge on any atom is 0.135 e. The first-order valence-electron chi connectivity index (χ1n) is 4.62. The third-order valence-electron chi connectivity index (χ3n) is 2.61. The fourth-order valence-corrected chi connectivity index (χ4v) is 1.76. The van der Waals surface area contributed by atoms with E-state index in [1.54, 1.807) is 0 Å². The van der Waals surface area contributed by atoms with Crippen molar-refractivity contribution in [2.75, 3.05) is 0 Å². The fraction of sp³-hybridized carbons (Fsp3) is 0.900. The van der Waals surface area contributed by atoms with Crippen LogP contribution in [0.5, 0.6) is 0 Å². The summed E-state index contributed by atoms with van der Waals surface area (Å²) in [6, 6.07) is 0. The molecule has 0 spiro atoms. The number of Topliss-reactive ketones (excluding diaryl/α,β-unsaturated/α-hetero) is 1. The monoisotopic (exact) mass is 154 g/mol. The van der Waals surface area contributed by atoms with E-state index in [-0.39, 0.29) is 5.92 Å². The largest absolute Gasteiger partial charge is 0.299 e. The van der Waals surface area contributed by atoms with E-state index in [0.29, 0.717) is 5.78 Å². The van der Waals surface area contributed by atoms with Crippen LogP contribution >= 0.6 is 0 Å². The van der Waals surface area contributed by atoms with Gasteiger partial charge < -0.3 is 0 Å². The second kappa shape index (κ2) is 3.38. The van der Waals surface area contributed by atoms with Gasteiger partial charge in [-0.2, -0.15) is 0 Å². The standard InChI is InChI=1S/C10H18O/c1-7(2)10(11)6-9-4-8(3)5-9/h7-9H,4-6H2,1-3H3. The first-order valence-corrected chi connectivity index (χ1v) is 4.62. The van der Waals surface area contributed by atoms with Crippen molar-refractivity contribution in [3.8, 4) is 0 Å². The van der Waals surface area contributed by atoms with Gasteiger partial charge in [0.1, 0.15) is 5.78 Å². The molecule has 0 N–H and O–H groups in total. The molecule has 0 heterocycles. The van der Waals surface area contributed by atoms with Gasteiger partial charge in [-0.1, -0.05) is 20.8 Å². The Balaban J connectivity index is 2.17. The van der Waals surface area contributed by atoms with Crippen molar-refractivity contribution < 1.29 is 4.79 Å². The van der Waals surface area contributed by atoms with Gasteiger partial charge in [0.15, 0.2) is 0 Å². The zero-order chi connectivity index (χ0) is 8.43. The second-order valence-electron chi connectivity index (χ2n) is 4.27. The van der Waals surface area contributed by atoms with Gasteiger partial charge in [-0.15, -0.1) is 0 Å². The predicted molar refractivity (Wildman–Crippen MR) is 46.4 cm³/mol. The fourth-order valence-electron chi connectivity index (χ4n) is 1.76. The highest BCUT2D eigenvalue weighted by Crippen LogP contribution is 2.35. The zero-order valence-electron chi connectivity index (χ0n) is 7.76. The Hall–Kier alpha value is -0.330. The van der Waals surface area contributed by atoms with E-state index in [4.69, 9.17) is 0 Å². The minimum absolute atomic E-state index is 0.242. The van der Waals surface area contributed by atoms with Crippen molar-refractivity contribution in [2.24, 2.45) is 17.8 Å². The minimum atomic E-state index is 0.242. The second-order valence-corrected chi connectivity index (χ2v) is 4.27. The topological polar surface area (TPSA) is 17.1 Å². The molecule has 11 heavy (non-hydrogen) atoms. The lowest BCUT2D eigenvalue weighted by Gasteiger charge is -2.32. The zero-order valence-corrected chi connectivity index (χ0v) is 7.76. The molecule has 1 heteroatoms. The molecule has 0 bridgehead atoms. The lowest BCUT2D eigenvalue weighted by molar-refractivity contribution is -0.123. The molecule has 64 valence electrons. The summed E-state index contributed by atoms with van der Waals surface area (Å²) in [5.74, 6) is 2.28. The van der Waals surface area contributed by atoms with Crippen LogP contribution < -0.4 is 0 Å². The van der Waals surface area contributed by atoms with Crippen LogP contribution in [0.1, 0.15) is 40.0 Å². The lowest BCUT2D eigenvalue weighted by Crippen LogP contribution is -2.25. The highest BCUT2D eigenvalue weighted by atomic mass is 16.1. The molecule has 0 atom stereocenters. The number of ketones is 1. The molecule has 1 aliphatic rings. The Labute approximate surface area is 69.2 Å². The third-order valence-corrected chi connectivity index (χ3v) is 2.61. The molecular weight excluding hydrogens is 136 g/mol. The van der Waals surface area contributed by atoms with Crippen molar-refractivity contribution in [1.29, 1.82) is 0 Å². The van der Waals surface area contributed by atoms with E-state index in [9.17, 15) is 4.79 Å². The summed E-state index contributed by atoms with van der Waals surface area (Å²) < 4.78 is 0. The van der Waals surface area contributed by atoms with Gasteiger partial charge in [-0.05, 0) is 24.7 Å². The number of rotatable bonds is 3. The normalized spacial score (nSPS) is 30.2. The van der Waals surface area contributed by atoms with Crippen LogP contribution in [0.15, 0.2) is 0 Å². The van der Waals surface area contributed by atoms with E-state index in [1.165, 1.54) is 12.8 Å². The van der Waals surface area contributed by atoms with E-state index in [0.717, 1.165) is 18.3 Å². The van der Waals surface area contributed by atoms with E-state index in [2.05, 4.69) is 6.92 Å². The van der Waals surface area contributed by atoms with Crippen LogP contribution in [0, 0.1) is 17.8 Å². The Bertz CT molecular complexity index is 143. The molecule has 1 rings (SSSR count). The average molecular weight is 154 g/mol. The molecule has 0 aromatic heterocycles. The van der Waals surface area contributed by atoms with Gasteiger partial charge >= 0.3 is 0 Å². The summed E-state index contributed by atoms with van der Waals surface area (Å²) in [5, 5.41) is 0. The summed E-state index contributed by atoms with van der Waals surface area (Å²) in [7, 11) is 0. The molecule has 1 saturated carbocycles. The number of carbonyl (C=O) groups excluding carboxylic acids is 1. The molecule has 1 nitrogen and oxygen atoms in total. The van der Waals surface area contributed by atoms with E-state index >= 15 is 0 Å². The molecule has 0 aromatic rings. The summed E-state index contributed by atoms with van der Waals surface area (Å²) in [6.07, 6.45) is 3.39. The van der Waals surface area contributed by atoms with Crippen molar-refractivity contribution in [3.63, 3.8) is 0 Å². The molecule has 0 aliphatic heterocycles. The quantitative estimate of drug-likeness (QED) is 0.610. The SMILES string of the molecule is CC1CC(CC(=O)C(C)C)C1. The van der Waals surface area contributed by atoms with Crippen LogP contribution in [0.3, 0.4) is 0 Å². The van der Waals surface area contributed by atoms with Gasteiger partial charge in [-0.25, -0.2) is 0 Å². The smallest absolute Gasteiger partial charge is 0.135 e. The van der Waals surface area contributed by atoms with Gasteiger partial charge in [0.25, 0.3) is 0 Å². The van der Waals surface area contributed by atoms with Crippen molar-refractivity contribution >= 4 is 5.78 Å². The highest BCUT2D eigenvalue weighted by Gasteiger charge is 2.27. The maximum absolute atomic E-state index is 11.3. The van der Waals surface area contributed by atoms with E-state index in [1.807, 2.05) is 13.8 Å². The predicted octanol–water partition coefficient (Wildman–Crippen LogP) is 2.65. The van der Waals surface area contributed by atoms with Crippen LogP contribution in [-0.2, 0) is 4.79 Å². The third kappa shape index (κ3) is 2.32. The first-order chi connectivity index (χ1) is 5.09. The molecule has 0 radical (unpaired) electrons. The van der Waals surface area contributed by atoms with Gasteiger partial charge in [-0.3, -0.25) is 4.79 Å². The molecule has 0 saturated heterocycles. The maximum atomic E-state index is 11.3. The van der Waals surface area contributed by atoms with Crippen LogP contribution in [0.2, 0.25) is 0 Å². The molecule has 0 amide bonds. The highest BCUT2D eigenvalue weighted by molar-refractivity contribution is 5.80. The molecule has 0 aromatic carbocycles. The van der Waals surface area contributed by atoms with Crippen molar-refractivity contribution in [2.45, 2.75) is 40.0 Å². The van der Waals surface area contributed by atoms with Gasteiger partial charge in [0, 0.05) is 12.3 Å². The van der Waals surface area contributed by atoms with Crippen LogP contribution in [-0.4, -0.2) is 5.78 Å². The van der Waals surface area contributed by atoms with E-state index < -0.39 is 0 Å². The summed E-state index contributed by atoms with van der Waals surface area (Å²) in [4.78, 5) is 11.3. The van der Waals surface area contributed by atoms with Gasteiger partial charge in [0.2, 0.25) is 0 Å². The van der Waals surface area contributed by atoms with Crippen molar-refractivity contribution in [1.82, 2.24) is 0 Å². The first kappa shape index (κ1) is 8.76. The number of hydrogen-bond donors (Lipinski definition) is 0. The Morgan fingerprint density at radius 1 is 1.45 bits per heavy atom. The Morgan fingerprint density at radius 3 is 2.36 bits per heavy atom. The van der Waals surface area contributed by atoms with Crippen LogP contribution in [0.25, 0.3) is 0 Å². The van der Waals surface area contributed by atoms with Crippen molar-refractivity contribution in [3.05, 3.63) is 0 Å². The molecule has 0 unspecified atom stereocenters. The molecular formula is C10H18O. The number of carbonyl (C=O) groups is 1. The molecule has 1 aliphatic carbocycles. The van der Waals surface area contributed by atoms with Gasteiger partial charge in [0.05, 0.1) is 0 Å². The average Bonchev–Trinajstić information content (AvgIpc) is 1.84. The Morgan fingerprint density at radius 2 is 2.00 bits per heavy atom. The number of hydrogen-bond acceptors (Lipinski definition) is 1. The summed E-state index contributed by atoms with van der Waals surface area (Å²) >= 11 is 0. The Kier molecular flexibility index (Phi) is 2.69. The lowest BCUT2D eigenvalue weighted by atomic mass is 9.73. The van der Waals surface area contributed by atoms with Crippen LogP contribution in [0.4, 0.5) is 0 Å². The summed E-state index contributed by atoms with van der Waals surface area (Å²) in [5.41, 5.74) is 0. The molecule has 1 fully saturated rings. The summed E-state index contributed by atoms with van der Waals surface area (Å²) in [6.45, 7) is 6.24.